The van der Waals surface area contributed by atoms with Crippen LogP contribution in [0.15, 0.2) is 24.3 Å². The van der Waals surface area contributed by atoms with Gasteiger partial charge in [0.05, 0.1) is 0 Å². The van der Waals surface area contributed by atoms with Gasteiger partial charge in [0.15, 0.2) is 0 Å². The Kier molecular flexibility index (Phi) is 3.84. The maximum absolute atomic E-state index is 12.1. The van der Waals surface area contributed by atoms with Crippen LogP contribution in [0, 0.1) is 17.8 Å². The molecule has 0 aromatic heterocycles. The molecule has 3 nitrogen and oxygen atoms in total. The minimum absolute atomic E-state index is 0.188. The van der Waals surface area contributed by atoms with Gasteiger partial charge >= 0.3 is 6.36 Å². The van der Waals surface area contributed by atoms with E-state index in [-0.39, 0.29) is 11.8 Å². The van der Waals surface area contributed by atoms with Crippen LogP contribution in [-0.4, -0.2) is 12.4 Å². The molecule has 1 aromatic carbocycles. The van der Waals surface area contributed by atoms with E-state index in [2.05, 4.69) is 10.2 Å². The van der Waals surface area contributed by atoms with Crippen LogP contribution in [-0.2, 0) is 6.42 Å². The molecule has 0 saturated heterocycles. The van der Waals surface area contributed by atoms with Crippen molar-refractivity contribution in [1.82, 2.24) is 5.43 Å². The van der Waals surface area contributed by atoms with Crippen molar-refractivity contribution in [3.8, 4) is 5.75 Å². The lowest BCUT2D eigenvalue weighted by molar-refractivity contribution is -0.274. The third kappa shape index (κ3) is 3.32. The number of alkyl halides is 3. The molecule has 0 radical (unpaired) electrons. The summed E-state index contributed by atoms with van der Waals surface area (Å²) in [6.07, 6.45) is -0.0286. The first-order valence-corrected chi connectivity index (χ1v) is 7.29. The lowest BCUT2D eigenvalue weighted by atomic mass is 9.97. The topological polar surface area (TPSA) is 47.3 Å². The molecule has 2 fully saturated rings. The summed E-state index contributed by atoms with van der Waals surface area (Å²) in [7, 11) is 0. The maximum atomic E-state index is 12.1. The molecular weight excluding hydrogens is 281 g/mol. The molecule has 0 bridgehead atoms. The minimum atomic E-state index is -4.64. The molecule has 1 aromatic rings. The third-order valence-corrected chi connectivity index (χ3v) is 4.76. The van der Waals surface area contributed by atoms with Gasteiger partial charge in [0.25, 0.3) is 0 Å². The number of ether oxygens (including phenoxy) is 1. The second kappa shape index (κ2) is 5.50. The number of fused-ring (bicyclic) bond motifs is 1. The largest absolute Gasteiger partial charge is 0.573 e. The highest BCUT2D eigenvalue weighted by Gasteiger charge is 2.55. The van der Waals surface area contributed by atoms with Gasteiger partial charge < -0.3 is 4.74 Å². The van der Waals surface area contributed by atoms with Crippen molar-refractivity contribution in [3.05, 3.63) is 29.8 Å². The van der Waals surface area contributed by atoms with Gasteiger partial charge in [-0.25, -0.2) is 0 Å². The van der Waals surface area contributed by atoms with Crippen molar-refractivity contribution in [2.24, 2.45) is 23.6 Å². The summed E-state index contributed by atoms with van der Waals surface area (Å²) < 4.78 is 40.2. The second-order valence-corrected chi connectivity index (χ2v) is 6.01. The molecule has 0 amide bonds. The summed E-state index contributed by atoms with van der Waals surface area (Å²) in [5.74, 6) is 7.67. The zero-order valence-electron chi connectivity index (χ0n) is 11.6. The van der Waals surface area contributed by atoms with Crippen molar-refractivity contribution < 1.29 is 17.9 Å². The zero-order valence-corrected chi connectivity index (χ0v) is 11.6. The molecule has 3 atom stereocenters. The van der Waals surface area contributed by atoms with Crippen LogP contribution in [0.5, 0.6) is 5.75 Å². The van der Waals surface area contributed by atoms with E-state index in [1.807, 2.05) is 0 Å². The number of nitrogens with one attached hydrogen (secondary N) is 1. The van der Waals surface area contributed by atoms with Crippen LogP contribution in [0.2, 0.25) is 0 Å². The van der Waals surface area contributed by atoms with Crippen LogP contribution in [0.3, 0.4) is 0 Å². The number of rotatable bonds is 5. The van der Waals surface area contributed by atoms with Gasteiger partial charge in [0.2, 0.25) is 0 Å². The predicted molar refractivity (Wildman–Crippen MR) is 72.3 cm³/mol. The fraction of sp³-hybridized carbons (Fsp3) is 0.600. The molecule has 21 heavy (non-hydrogen) atoms. The van der Waals surface area contributed by atoms with Crippen molar-refractivity contribution in [1.29, 1.82) is 0 Å². The van der Waals surface area contributed by atoms with Crippen molar-refractivity contribution in [2.45, 2.75) is 38.1 Å². The first kappa shape index (κ1) is 14.7. The molecule has 6 heteroatoms. The Bertz CT molecular complexity index is 479. The summed E-state index contributed by atoms with van der Waals surface area (Å²) in [4.78, 5) is 0. The quantitative estimate of drug-likeness (QED) is 0.649. The summed E-state index contributed by atoms with van der Waals surface area (Å²) in [6, 6.07) is 6.25. The highest BCUT2D eigenvalue weighted by atomic mass is 19.4. The van der Waals surface area contributed by atoms with E-state index in [4.69, 9.17) is 5.84 Å². The van der Waals surface area contributed by atoms with Crippen LogP contribution in [0.1, 0.15) is 24.8 Å². The van der Waals surface area contributed by atoms with Crippen molar-refractivity contribution >= 4 is 0 Å². The summed E-state index contributed by atoms with van der Waals surface area (Å²) in [5.41, 5.74) is 3.85. The van der Waals surface area contributed by atoms with E-state index in [0.717, 1.165) is 23.8 Å². The molecule has 0 aliphatic heterocycles. The van der Waals surface area contributed by atoms with E-state index in [9.17, 15) is 13.2 Å². The Hall–Kier alpha value is -1.27. The molecule has 0 heterocycles. The molecule has 3 N–H and O–H groups in total. The van der Waals surface area contributed by atoms with Crippen LogP contribution >= 0.6 is 0 Å². The third-order valence-electron chi connectivity index (χ3n) is 4.76. The standard InChI is InChI=1S/C15H19F3N2O/c16-15(17,18)21-10-6-4-9(5-7-10)8-13(20-19)14-11-2-1-3-12(11)14/h4-7,11-14,20H,1-3,8,19H2. The van der Waals surface area contributed by atoms with Crippen LogP contribution in [0.4, 0.5) is 13.2 Å². The molecule has 3 rings (SSSR count). The summed E-state index contributed by atoms with van der Waals surface area (Å²) in [6.45, 7) is 0. The van der Waals surface area contributed by atoms with Crippen molar-refractivity contribution in [3.63, 3.8) is 0 Å². The normalized spacial score (nSPS) is 29.0. The van der Waals surface area contributed by atoms with Gasteiger partial charge in [-0.15, -0.1) is 13.2 Å². The van der Waals surface area contributed by atoms with E-state index in [1.165, 1.54) is 31.4 Å². The van der Waals surface area contributed by atoms with Gasteiger partial charge in [0, 0.05) is 6.04 Å². The first-order valence-electron chi connectivity index (χ1n) is 7.29. The average molecular weight is 300 g/mol. The number of hydrazine groups is 1. The lowest BCUT2D eigenvalue weighted by Gasteiger charge is -2.18. The zero-order chi connectivity index (χ0) is 15.0. The highest BCUT2D eigenvalue weighted by Crippen LogP contribution is 2.59. The monoisotopic (exact) mass is 300 g/mol. The van der Waals surface area contributed by atoms with Gasteiger partial charge in [-0.2, -0.15) is 0 Å². The lowest BCUT2D eigenvalue weighted by Crippen LogP contribution is -2.39. The molecule has 0 spiro atoms. The van der Waals surface area contributed by atoms with Crippen molar-refractivity contribution in [2.75, 3.05) is 0 Å². The number of halogens is 3. The van der Waals surface area contributed by atoms with Gasteiger partial charge in [-0.05, 0) is 54.7 Å². The molecule has 116 valence electrons. The number of hydrogen-bond acceptors (Lipinski definition) is 3. The Labute approximate surface area is 121 Å². The van der Waals surface area contributed by atoms with Gasteiger partial charge in [0.1, 0.15) is 5.75 Å². The highest BCUT2D eigenvalue weighted by molar-refractivity contribution is 5.28. The smallest absolute Gasteiger partial charge is 0.406 e. The fourth-order valence-corrected chi connectivity index (χ4v) is 3.86. The Morgan fingerprint density at radius 1 is 1.19 bits per heavy atom. The molecule has 2 aliphatic carbocycles. The van der Waals surface area contributed by atoms with E-state index in [0.29, 0.717) is 5.92 Å². The molecule has 2 saturated carbocycles. The summed E-state index contributed by atoms with van der Waals surface area (Å²) >= 11 is 0. The van der Waals surface area contributed by atoms with Gasteiger partial charge in [-0.3, -0.25) is 11.3 Å². The first-order chi connectivity index (χ1) is 9.98. The Morgan fingerprint density at radius 3 is 2.33 bits per heavy atom. The molecule has 2 aliphatic rings. The maximum Gasteiger partial charge on any atom is 0.573 e. The number of benzene rings is 1. The minimum Gasteiger partial charge on any atom is -0.406 e. The molecular formula is C15H19F3N2O. The van der Waals surface area contributed by atoms with E-state index in [1.54, 1.807) is 12.1 Å². The number of hydrogen-bond donors (Lipinski definition) is 2. The Morgan fingerprint density at radius 2 is 1.81 bits per heavy atom. The van der Waals surface area contributed by atoms with E-state index >= 15 is 0 Å². The van der Waals surface area contributed by atoms with E-state index < -0.39 is 6.36 Å². The Balaban J connectivity index is 1.59. The van der Waals surface area contributed by atoms with Gasteiger partial charge in [-0.1, -0.05) is 18.6 Å². The summed E-state index contributed by atoms with van der Waals surface area (Å²) in [5, 5.41) is 0. The fourth-order valence-electron chi connectivity index (χ4n) is 3.86. The van der Waals surface area contributed by atoms with Crippen LogP contribution < -0.4 is 16.0 Å². The second-order valence-electron chi connectivity index (χ2n) is 6.01. The molecule has 3 unspecified atom stereocenters. The predicted octanol–water partition coefficient (Wildman–Crippen LogP) is 3.01. The average Bonchev–Trinajstić information content (AvgIpc) is 2.89. The SMILES string of the molecule is NNC(Cc1ccc(OC(F)(F)F)cc1)C1C2CCCC21. The van der Waals surface area contributed by atoms with Crippen LogP contribution in [0.25, 0.3) is 0 Å². The number of nitrogens with two attached hydrogens (primary N) is 1.